The maximum absolute atomic E-state index is 13.5. The molecule has 214 valence electrons. The molecule has 1 aliphatic carbocycles. The minimum Gasteiger partial charge on any atom is -0.462 e. The molecule has 2 aromatic rings. The summed E-state index contributed by atoms with van der Waals surface area (Å²) in [6.45, 7) is 8.98. The molecule has 2 aromatic carbocycles. The standard InChI is InChI=1S/C31H36Cl2N2O5/c1-5-12-35-13-11-31(23-7-6-8-25(16-23)39-20(2)36)18-24(17-29(26(31)19-35)40-21(3)37)34(4)30(38)15-22-9-10-27(32)28(33)14-22/h5-10,14,16,24,26,29H,1,11-13,15,17-19H2,2-4H3. The lowest BCUT2D eigenvalue weighted by Crippen LogP contribution is -2.61. The number of ether oxygens (including phenoxy) is 2. The molecule has 0 aromatic heterocycles. The van der Waals surface area contributed by atoms with E-state index in [9.17, 15) is 14.4 Å². The molecule has 2 aliphatic rings. The van der Waals surface area contributed by atoms with Crippen LogP contribution in [-0.4, -0.2) is 66.5 Å². The van der Waals surface area contributed by atoms with E-state index in [4.69, 9.17) is 32.7 Å². The van der Waals surface area contributed by atoms with E-state index in [2.05, 4.69) is 11.5 Å². The molecule has 1 heterocycles. The molecule has 1 aliphatic heterocycles. The van der Waals surface area contributed by atoms with Gasteiger partial charge in [-0.1, -0.05) is 47.5 Å². The van der Waals surface area contributed by atoms with Gasteiger partial charge in [0.05, 0.1) is 16.5 Å². The lowest BCUT2D eigenvalue weighted by atomic mass is 9.56. The van der Waals surface area contributed by atoms with E-state index >= 15 is 0 Å². The van der Waals surface area contributed by atoms with Crippen molar-refractivity contribution in [2.45, 2.75) is 57.1 Å². The van der Waals surface area contributed by atoms with Gasteiger partial charge < -0.3 is 14.4 Å². The number of esters is 2. The third-order valence-electron chi connectivity index (χ3n) is 8.25. The second-order valence-corrected chi connectivity index (χ2v) is 11.7. The topological polar surface area (TPSA) is 76.2 Å². The second kappa shape index (κ2) is 12.8. The maximum atomic E-state index is 13.5. The molecule has 40 heavy (non-hydrogen) atoms. The van der Waals surface area contributed by atoms with Gasteiger partial charge in [0.15, 0.2) is 0 Å². The van der Waals surface area contributed by atoms with Gasteiger partial charge in [-0.15, -0.1) is 6.58 Å². The summed E-state index contributed by atoms with van der Waals surface area (Å²) in [6, 6.07) is 12.6. The van der Waals surface area contributed by atoms with Crippen molar-refractivity contribution >= 4 is 41.0 Å². The number of fused-ring (bicyclic) bond motifs is 1. The number of piperidine rings is 1. The molecular formula is C31H36Cl2N2O5. The molecule has 9 heteroatoms. The molecule has 4 atom stereocenters. The Morgan fingerprint density at radius 1 is 1.12 bits per heavy atom. The van der Waals surface area contributed by atoms with Crippen LogP contribution in [0.25, 0.3) is 0 Å². The van der Waals surface area contributed by atoms with Gasteiger partial charge in [-0.3, -0.25) is 19.3 Å². The summed E-state index contributed by atoms with van der Waals surface area (Å²) in [5.74, 6) is -0.344. The minimum absolute atomic E-state index is 0.0208. The van der Waals surface area contributed by atoms with Gasteiger partial charge in [0.25, 0.3) is 0 Å². The minimum atomic E-state index is -0.408. The summed E-state index contributed by atoms with van der Waals surface area (Å²) < 4.78 is 11.4. The smallest absolute Gasteiger partial charge is 0.308 e. The predicted octanol–water partition coefficient (Wildman–Crippen LogP) is 5.46. The van der Waals surface area contributed by atoms with E-state index in [-0.39, 0.29) is 36.2 Å². The molecule has 1 saturated carbocycles. The molecule has 2 fully saturated rings. The predicted molar refractivity (Wildman–Crippen MR) is 156 cm³/mol. The van der Waals surface area contributed by atoms with Gasteiger partial charge in [-0.25, -0.2) is 0 Å². The number of carbonyl (C=O) groups excluding carboxylic acids is 3. The second-order valence-electron chi connectivity index (χ2n) is 10.9. The van der Waals surface area contributed by atoms with Crippen molar-refractivity contribution in [3.8, 4) is 5.75 Å². The fraction of sp³-hybridized carbons (Fsp3) is 0.452. The van der Waals surface area contributed by atoms with E-state index in [0.29, 0.717) is 28.6 Å². The van der Waals surface area contributed by atoms with Crippen molar-refractivity contribution in [3.05, 3.63) is 76.3 Å². The molecule has 0 N–H and O–H groups in total. The number of hydrogen-bond acceptors (Lipinski definition) is 6. The van der Waals surface area contributed by atoms with Gasteiger partial charge in [-0.2, -0.15) is 0 Å². The average molecular weight is 588 g/mol. The molecule has 4 unspecified atom stereocenters. The monoisotopic (exact) mass is 586 g/mol. The largest absolute Gasteiger partial charge is 0.462 e. The Kier molecular flexibility index (Phi) is 9.60. The van der Waals surface area contributed by atoms with E-state index in [0.717, 1.165) is 37.2 Å². The third-order valence-corrected chi connectivity index (χ3v) is 8.99. The van der Waals surface area contributed by atoms with Crippen LogP contribution in [-0.2, 0) is 31.0 Å². The Labute approximate surface area is 246 Å². The van der Waals surface area contributed by atoms with Crippen LogP contribution >= 0.6 is 23.2 Å². The first-order chi connectivity index (χ1) is 19.0. The molecule has 1 amide bonds. The van der Waals surface area contributed by atoms with Crippen LogP contribution in [0.15, 0.2) is 55.1 Å². The highest BCUT2D eigenvalue weighted by molar-refractivity contribution is 6.42. The fourth-order valence-corrected chi connectivity index (χ4v) is 6.72. The van der Waals surface area contributed by atoms with Crippen molar-refractivity contribution in [1.29, 1.82) is 0 Å². The summed E-state index contributed by atoms with van der Waals surface area (Å²) in [7, 11) is 1.81. The van der Waals surface area contributed by atoms with Gasteiger partial charge in [0.1, 0.15) is 11.9 Å². The zero-order valence-corrected chi connectivity index (χ0v) is 24.7. The number of nitrogens with zero attached hydrogens (tertiary/aromatic N) is 2. The number of carbonyl (C=O) groups is 3. The van der Waals surface area contributed by atoms with E-state index in [1.165, 1.54) is 13.8 Å². The Morgan fingerprint density at radius 3 is 2.58 bits per heavy atom. The normalized spacial score (nSPS) is 24.5. The van der Waals surface area contributed by atoms with E-state index in [1.54, 1.807) is 29.2 Å². The molecule has 1 saturated heterocycles. The quantitative estimate of drug-likeness (QED) is 0.232. The first-order valence-corrected chi connectivity index (χ1v) is 14.3. The number of hydrogen-bond donors (Lipinski definition) is 0. The lowest BCUT2D eigenvalue weighted by molar-refractivity contribution is -0.160. The fourth-order valence-electron chi connectivity index (χ4n) is 6.40. The van der Waals surface area contributed by atoms with Crippen molar-refractivity contribution in [3.63, 3.8) is 0 Å². The Bertz CT molecular complexity index is 1280. The maximum Gasteiger partial charge on any atom is 0.308 e. The first-order valence-electron chi connectivity index (χ1n) is 13.5. The summed E-state index contributed by atoms with van der Waals surface area (Å²) in [5, 5.41) is 0.845. The third kappa shape index (κ3) is 6.70. The molecule has 4 rings (SSSR count). The molecule has 0 bridgehead atoms. The number of benzene rings is 2. The number of likely N-dealkylation sites (tertiary alicyclic amines) is 1. The van der Waals surface area contributed by atoms with Crippen molar-refractivity contribution in [2.75, 3.05) is 26.7 Å². The number of likely N-dealkylation sites (N-methyl/N-ethyl adjacent to an activating group) is 1. The highest BCUT2D eigenvalue weighted by Crippen LogP contribution is 2.51. The average Bonchev–Trinajstić information content (AvgIpc) is 2.90. The van der Waals surface area contributed by atoms with Crippen LogP contribution in [0.4, 0.5) is 0 Å². The highest BCUT2D eigenvalue weighted by atomic mass is 35.5. The van der Waals surface area contributed by atoms with E-state index < -0.39 is 11.5 Å². The Balaban J connectivity index is 1.70. The van der Waals surface area contributed by atoms with Gasteiger partial charge in [-0.05, 0) is 54.8 Å². The molecule has 0 radical (unpaired) electrons. The van der Waals surface area contributed by atoms with Gasteiger partial charge in [0, 0.05) is 57.8 Å². The van der Waals surface area contributed by atoms with Gasteiger partial charge in [0.2, 0.25) is 5.91 Å². The zero-order valence-electron chi connectivity index (χ0n) is 23.2. The van der Waals surface area contributed by atoms with Crippen LogP contribution in [0.5, 0.6) is 5.75 Å². The summed E-state index contributed by atoms with van der Waals surface area (Å²) in [6.07, 6.45) is 3.66. The van der Waals surface area contributed by atoms with Crippen molar-refractivity contribution < 1.29 is 23.9 Å². The SMILES string of the molecule is C=CCN1CCC2(c3cccc(OC(C)=O)c3)CC(N(C)C(=O)Cc3ccc(Cl)c(Cl)c3)CC(OC(C)=O)C2C1. The Morgan fingerprint density at radius 2 is 1.90 bits per heavy atom. The summed E-state index contributed by atoms with van der Waals surface area (Å²) in [4.78, 5) is 41.6. The Hall–Kier alpha value is -2.87. The lowest BCUT2D eigenvalue weighted by Gasteiger charge is -2.56. The van der Waals surface area contributed by atoms with Crippen LogP contribution in [0, 0.1) is 5.92 Å². The molecular weight excluding hydrogens is 551 g/mol. The highest BCUT2D eigenvalue weighted by Gasteiger charge is 2.54. The number of halogens is 2. The van der Waals surface area contributed by atoms with Crippen molar-refractivity contribution in [1.82, 2.24) is 9.80 Å². The molecule has 0 spiro atoms. The summed E-state index contributed by atoms with van der Waals surface area (Å²) >= 11 is 12.2. The zero-order chi connectivity index (χ0) is 29.0. The molecule has 7 nitrogen and oxygen atoms in total. The number of amides is 1. The summed E-state index contributed by atoms with van der Waals surface area (Å²) in [5.41, 5.74) is 1.38. The first kappa shape index (κ1) is 30.1. The van der Waals surface area contributed by atoms with Gasteiger partial charge >= 0.3 is 11.9 Å². The van der Waals surface area contributed by atoms with Crippen LogP contribution in [0.1, 0.15) is 44.2 Å². The van der Waals surface area contributed by atoms with Crippen LogP contribution in [0.3, 0.4) is 0 Å². The van der Waals surface area contributed by atoms with Crippen molar-refractivity contribution in [2.24, 2.45) is 5.92 Å². The van der Waals surface area contributed by atoms with Crippen LogP contribution < -0.4 is 4.74 Å². The van der Waals surface area contributed by atoms with E-state index in [1.807, 2.05) is 31.3 Å². The number of rotatable bonds is 8. The van der Waals surface area contributed by atoms with Crippen LogP contribution in [0.2, 0.25) is 10.0 Å².